The van der Waals surface area contributed by atoms with Crippen LogP contribution in [-0.4, -0.2) is 37.4 Å². The summed E-state index contributed by atoms with van der Waals surface area (Å²) in [5, 5.41) is 13.1. The lowest BCUT2D eigenvalue weighted by atomic mass is 9.99. The first-order valence-electron chi connectivity index (χ1n) is 7.30. The van der Waals surface area contributed by atoms with Crippen LogP contribution in [0.4, 0.5) is 5.69 Å². The zero-order valence-electron chi connectivity index (χ0n) is 12.3. The molecule has 2 unspecified atom stereocenters. The van der Waals surface area contributed by atoms with Crippen LogP contribution in [0.5, 0.6) is 0 Å². The van der Waals surface area contributed by atoms with Crippen molar-refractivity contribution in [2.45, 2.75) is 32.7 Å². The summed E-state index contributed by atoms with van der Waals surface area (Å²) in [7, 11) is 0. The van der Waals surface area contributed by atoms with Crippen molar-refractivity contribution in [2.24, 2.45) is 5.92 Å². The van der Waals surface area contributed by atoms with Gasteiger partial charge in [-0.15, -0.1) is 0 Å². The Morgan fingerprint density at radius 2 is 2.05 bits per heavy atom. The number of nitrogens with zero attached hydrogens (tertiary/aromatic N) is 1. The number of rotatable bonds is 3. The molecule has 0 saturated carbocycles. The normalized spacial score (nSPS) is 24.6. The Morgan fingerprint density at radius 3 is 2.74 bits per heavy atom. The van der Waals surface area contributed by atoms with Gasteiger partial charge in [-0.2, -0.15) is 0 Å². The standard InChI is InChI=1S/C16H26N2O/c1-12(2)15-6-4-5-7-16(15)18-10-13(3)8-17-9-14(18)11-19/h4-7,12-14,17,19H,8-11H2,1-3H3. The van der Waals surface area contributed by atoms with Crippen molar-refractivity contribution < 1.29 is 5.11 Å². The largest absolute Gasteiger partial charge is 0.394 e. The fourth-order valence-electron chi connectivity index (χ4n) is 2.85. The van der Waals surface area contributed by atoms with Gasteiger partial charge in [-0.1, -0.05) is 39.0 Å². The van der Waals surface area contributed by atoms with E-state index >= 15 is 0 Å². The molecule has 1 saturated heterocycles. The first-order chi connectivity index (χ1) is 9.13. The van der Waals surface area contributed by atoms with E-state index in [2.05, 4.69) is 55.3 Å². The predicted molar refractivity (Wildman–Crippen MR) is 80.8 cm³/mol. The van der Waals surface area contributed by atoms with Crippen molar-refractivity contribution in [3.8, 4) is 0 Å². The third kappa shape index (κ3) is 3.28. The highest BCUT2D eigenvalue weighted by Gasteiger charge is 2.25. The highest BCUT2D eigenvalue weighted by Crippen LogP contribution is 2.29. The van der Waals surface area contributed by atoms with E-state index in [0.29, 0.717) is 11.8 Å². The summed E-state index contributed by atoms with van der Waals surface area (Å²) in [6, 6.07) is 8.77. The van der Waals surface area contributed by atoms with Gasteiger partial charge in [0, 0.05) is 18.8 Å². The van der Waals surface area contributed by atoms with Crippen LogP contribution < -0.4 is 10.2 Å². The van der Waals surface area contributed by atoms with E-state index in [1.54, 1.807) is 0 Å². The molecule has 19 heavy (non-hydrogen) atoms. The molecular formula is C16H26N2O. The quantitative estimate of drug-likeness (QED) is 0.877. The minimum absolute atomic E-state index is 0.171. The molecule has 1 aromatic rings. The van der Waals surface area contributed by atoms with Gasteiger partial charge in [0.1, 0.15) is 0 Å². The Hall–Kier alpha value is -1.06. The Balaban J connectivity index is 2.35. The predicted octanol–water partition coefficient (Wildman–Crippen LogP) is 2.22. The van der Waals surface area contributed by atoms with Gasteiger partial charge in [0.15, 0.2) is 0 Å². The molecule has 2 atom stereocenters. The lowest BCUT2D eigenvalue weighted by Crippen LogP contribution is -2.43. The first kappa shape index (κ1) is 14.4. The second-order valence-electron chi connectivity index (χ2n) is 5.97. The first-order valence-corrected chi connectivity index (χ1v) is 7.30. The molecule has 3 nitrogen and oxygen atoms in total. The maximum absolute atomic E-state index is 9.68. The lowest BCUT2D eigenvalue weighted by Gasteiger charge is -2.34. The zero-order valence-corrected chi connectivity index (χ0v) is 12.3. The van der Waals surface area contributed by atoms with Crippen LogP contribution in [-0.2, 0) is 0 Å². The molecule has 2 rings (SSSR count). The maximum Gasteiger partial charge on any atom is 0.0647 e. The minimum Gasteiger partial charge on any atom is -0.394 e. The van der Waals surface area contributed by atoms with Gasteiger partial charge in [-0.05, 0) is 30.0 Å². The van der Waals surface area contributed by atoms with Crippen molar-refractivity contribution in [3.63, 3.8) is 0 Å². The molecule has 1 aromatic carbocycles. The van der Waals surface area contributed by atoms with Gasteiger partial charge in [0.25, 0.3) is 0 Å². The lowest BCUT2D eigenvalue weighted by molar-refractivity contribution is 0.259. The Bertz CT molecular complexity index is 405. The molecule has 0 aromatic heterocycles. The molecule has 1 fully saturated rings. The molecule has 0 amide bonds. The number of nitrogens with one attached hydrogen (secondary N) is 1. The van der Waals surface area contributed by atoms with Gasteiger partial charge in [0.2, 0.25) is 0 Å². The van der Waals surface area contributed by atoms with Crippen molar-refractivity contribution in [1.82, 2.24) is 5.32 Å². The van der Waals surface area contributed by atoms with Gasteiger partial charge in [-0.25, -0.2) is 0 Å². The second-order valence-corrected chi connectivity index (χ2v) is 5.97. The maximum atomic E-state index is 9.68. The van der Waals surface area contributed by atoms with E-state index in [4.69, 9.17) is 0 Å². The Morgan fingerprint density at radius 1 is 1.32 bits per heavy atom. The molecule has 1 aliphatic rings. The van der Waals surface area contributed by atoms with Gasteiger partial charge >= 0.3 is 0 Å². The molecule has 1 aliphatic heterocycles. The van der Waals surface area contributed by atoms with Crippen LogP contribution >= 0.6 is 0 Å². The van der Waals surface area contributed by atoms with Crippen LogP contribution in [0, 0.1) is 5.92 Å². The number of hydrogen-bond donors (Lipinski definition) is 2. The van der Waals surface area contributed by atoms with Crippen molar-refractivity contribution in [2.75, 3.05) is 31.1 Å². The van der Waals surface area contributed by atoms with Crippen molar-refractivity contribution in [1.29, 1.82) is 0 Å². The molecule has 2 N–H and O–H groups in total. The summed E-state index contributed by atoms with van der Waals surface area (Å²) in [6.45, 7) is 9.80. The van der Waals surface area contributed by atoms with Gasteiger partial charge in [-0.3, -0.25) is 0 Å². The molecule has 1 heterocycles. The summed E-state index contributed by atoms with van der Waals surface area (Å²) in [6.07, 6.45) is 0. The minimum atomic E-state index is 0.171. The van der Waals surface area contributed by atoms with Crippen LogP contribution in [0.15, 0.2) is 24.3 Å². The molecule has 0 aliphatic carbocycles. The van der Waals surface area contributed by atoms with E-state index in [1.165, 1.54) is 11.3 Å². The second kappa shape index (κ2) is 6.40. The smallest absolute Gasteiger partial charge is 0.0647 e. The number of para-hydroxylation sites is 1. The van der Waals surface area contributed by atoms with Crippen LogP contribution in [0.3, 0.4) is 0 Å². The van der Waals surface area contributed by atoms with Crippen molar-refractivity contribution >= 4 is 5.69 Å². The molecular weight excluding hydrogens is 236 g/mol. The number of benzene rings is 1. The Labute approximate surface area is 116 Å². The summed E-state index contributed by atoms with van der Waals surface area (Å²) >= 11 is 0. The molecule has 106 valence electrons. The monoisotopic (exact) mass is 262 g/mol. The summed E-state index contributed by atoms with van der Waals surface area (Å²) in [4.78, 5) is 2.39. The van der Waals surface area contributed by atoms with E-state index in [-0.39, 0.29) is 12.6 Å². The van der Waals surface area contributed by atoms with Crippen LogP contribution in [0.25, 0.3) is 0 Å². The van der Waals surface area contributed by atoms with E-state index in [1.807, 2.05) is 0 Å². The van der Waals surface area contributed by atoms with Crippen molar-refractivity contribution in [3.05, 3.63) is 29.8 Å². The molecule has 0 bridgehead atoms. The van der Waals surface area contributed by atoms with E-state index < -0.39 is 0 Å². The zero-order chi connectivity index (χ0) is 13.8. The number of anilines is 1. The summed E-state index contributed by atoms with van der Waals surface area (Å²) in [5.74, 6) is 1.10. The van der Waals surface area contributed by atoms with Crippen LogP contribution in [0.1, 0.15) is 32.3 Å². The van der Waals surface area contributed by atoms with Gasteiger partial charge in [0.05, 0.1) is 12.6 Å². The van der Waals surface area contributed by atoms with E-state index in [9.17, 15) is 5.11 Å². The molecule has 0 spiro atoms. The topological polar surface area (TPSA) is 35.5 Å². The van der Waals surface area contributed by atoms with Gasteiger partial charge < -0.3 is 15.3 Å². The van der Waals surface area contributed by atoms with Crippen LogP contribution in [0.2, 0.25) is 0 Å². The number of aliphatic hydroxyl groups is 1. The third-order valence-electron chi connectivity index (χ3n) is 3.90. The average molecular weight is 262 g/mol. The fourth-order valence-corrected chi connectivity index (χ4v) is 2.85. The fraction of sp³-hybridized carbons (Fsp3) is 0.625. The SMILES string of the molecule is CC1CNCC(CO)N(c2ccccc2C(C)C)C1. The Kier molecular flexibility index (Phi) is 4.83. The highest BCUT2D eigenvalue weighted by molar-refractivity contribution is 5.56. The average Bonchev–Trinajstić information content (AvgIpc) is 2.60. The summed E-state index contributed by atoms with van der Waals surface area (Å²) < 4.78 is 0. The molecule has 0 radical (unpaired) electrons. The highest BCUT2D eigenvalue weighted by atomic mass is 16.3. The molecule has 3 heteroatoms. The third-order valence-corrected chi connectivity index (χ3v) is 3.90. The summed E-state index contributed by atoms with van der Waals surface area (Å²) in [5.41, 5.74) is 2.65. The number of aliphatic hydroxyl groups excluding tert-OH is 1. The number of hydrogen-bond acceptors (Lipinski definition) is 3. The van der Waals surface area contributed by atoms with E-state index in [0.717, 1.165) is 19.6 Å².